The molecule has 0 bridgehead atoms. The molecule has 16 heavy (non-hydrogen) atoms. The Morgan fingerprint density at radius 1 is 1.50 bits per heavy atom. The fourth-order valence-electron chi connectivity index (χ4n) is 1.49. The molecule has 2 rings (SSSR count). The maximum Gasteiger partial charge on any atom is 0.297 e. The lowest BCUT2D eigenvalue weighted by Gasteiger charge is -2.05. The SMILES string of the molecule is CC(=O)Nn1c(=S)[nH]c2cc(C)[nH]c2c1=O. The minimum absolute atomic E-state index is 0.159. The number of carbonyl (C=O) groups excluding carboxylic acids is 1. The number of hydrogen-bond donors (Lipinski definition) is 3. The van der Waals surface area contributed by atoms with Crippen molar-refractivity contribution in [3.63, 3.8) is 0 Å². The molecule has 0 fully saturated rings. The Balaban J connectivity index is 2.80. The number of aromatic nitrogens is 3. The van der Waals surface area contributed by atoms with Crippen molar-refractivity contribution in [1.82, 2.24) is 14.6 Å². The van der Waals surface area contributed by atoms with E-state index in [9.17, 15) is 9.59 Å². The summed E-state index contributed by atoms with van der Waals surface area (Å²) in [4.78, 5) is 28.6. The van der Waals surface area contributed by atoms with Crippen molar-refractivity contribution in [2.75, 3.05) is 5.43 Å². The molecule has 1 amide bonds. The van der Waals surface area contributed by atoms with E-state index in [-0.39, 0.29) is 16.2 Å². The average molecular weight is 238 g/mol. The number of aromatic amines is 2. The number of H-pyrrole nitrogens is 2. The molecule has 0 atom stereocenters. The lowest BCUT2D eigenvalue weighted by Crippen LogP contribution is -2.33. The first-order valence-corrected chi connectivity index (χ1v) is 5.02. The van der Waals surface area contributed by atoms with E-state index in [1.54, 1.807) is 6.07 Å². The summed E-state index contributed by atoms with van der Waals surface area (Å²) >= 11 is 4.97. The van der Waals surface area contributed by atoms with Crippen molar-refractivity contribution >= 4 is 29.2 Å². The maximum absolute atomic E-state index is 11.9. The van der Waals surface area contributed by atoms with Crippen LogP contribution in [-0.4, -0.2) is 20.6 Å². The van der Waals surface area contributed by atoms with Gasteiger partial charge in [0.05, 0.1) is 5.52 Å². The topological polar surface area (TPSA) is 82.7 Å². The molecule has 0 aliphatic rings. The molecule has 0 unspecified atom stereocenters. The standard InChI is InChI=1S/C9H10N4O2S/c1-4-3-6-7(10-4)8(15)13(9(16)11-6)12-5(2)14/h3,10H,1-2H3,(H,11,16)(H,12,14). The second kappa shape index (κ2) is 3.60. The van der Waals surface area contributed by atoms with Crippen LogP contribution in [0.5, 0.6) is 0 Å². The zero-order chi connectivity index (χ0) is 11.9. The summed E-state index contributed by atoms with van der Waals surface area (Å²) in [5.74, 6) is -0.357. The van der Waals surface area contributed by atoms with E-state index < -0.39 is 0 Å². The van der Waals surface area contributed by atoms with Gasteiger partial charge in [0.15, 0.2) is 4.77 Å². The lowest BCUT2D eigenvalue weighted by atomic mass is 10.4. The van der Waals surface area contributed by atoms with Crippen LogP contribution < -0.4 is 11.0 Å². The van der Waals surface area contributed by atoms with Gasteiger partial charge in [-0.25, -0.2) is 0 Å². The van der Waals surface area contributed by atoms with Gasteiger partial charge in [0.2, 0.25) is 5.91 Å². The Morgan fingerprint density at radius 3 is 2.81 bits per heavy atom. The van der Waals surface area contributed by atoms with Crippen LogP contribution in [0.2, 0.25) is 0 Å². The minimum Gasteiger partial charge on any atom is -0.353 e. The van der Waals surface area contributed by atoms with Gasteiger partial charge in [-0.05, 0) is 25.2 Å². The van der Waals surface area contributed by atoms with E-state index in [1.165, 1.54) is 6.92 Å². The highest BCUT2D eigenvalue weighted by molar-refractivity contribution is 7.71. The van der Waals surface area contributed by atoms with Crippen molar-refractivity contribution < 1.29 is 4.79 Å². The largest absolute Gasteiger partial charge is 0.353 e. The van der Waals surface area contributed by atoms with E-state index in [2.05, 4.69) is 15.4 Å². The maximum atomic E-state index is 11.9. The van der Waals surface area contributed by atoms with Crippen molar-refractivity contribution in [2.45, 2.75) is 13.8 Å². The molecule has 0 aromatic carbocycles. The summed E-state index contributed by atoms with van der Waals surface area (Å²) in [6.07, 6.45) is 0. The molecule has 0 radical (unpaired) electrons. The highest BCUT2D eigenvalue weighted by atomic mass is 32.1. The minimum atomic E-state index is -0.373. The first-order valence-electron chi connectivity index (χ1n) is 4.61. The van der Waals surface area contributed by atoms with E-state index in [0.717, 1.165) is 10.4 Å². The molecule has 0 aliphatic carbocycles. The summed E-state index contributed by atoms with van der Waals surface area (Å²) in [5, 5.41) is 0. The van der Waals surface area contributed by atoms with E-state index in [1.807, 2.05) is 6.92 Å². The first kappa shape index (κ1) is 10.6. The summed E-state index contributed by atoms with van der Waals surface area (Å²) < 4.78 is 1.17. The van der Waals surface area contributed by atoms with E-state index in [4.69, 9.17) is 12.2 Å². The molecule has 7 heteroatoms. The number of nitrogens with one attached hydrogen (secondary N) is 3. The molecular formula is C9H10N4O2S. The fourth-order valence-corrected chi connectivity index (χ4v) is 1.73. The van der Waals surface area contributed by atoms with Gasteiger partial charge in [0.25, 0.3) is 5.56 Å². The Labute approximate surface area is 95.3 Å². The van der Waals surface area contributed by atoms with Crippen LogP contribution in [0, 0.1) is 11.7 Å². The van der Waals surface area contributed by atoms with E-state index >= 15 is 0 Å². The molecule has 0 spiro atoms. The third-order valence-electron chi connectivity index (χ3n) is 2.08. The average Bonchev–Trinajstić information content (AvgIpc) is 2.53. The molecule has 0 saturated carbocycles. The van der Waals surface area contributed by atoms with Crippen LogP contribution >= 0.6 is 12.2 Å². The van der Waals surface area contributed by atoms with Gasteiger partial charge >= 0.3 is 0 Å². The number of amides is 1. The molecule has 0 saturated heterocycles. The molecule has 6 nitrogen and oxygen atoms in total. The fraction of sp³-hybridized carbons (Fsp3) is 0.222. The van der Waals surface area contributed by atoms with Gasteiger partial charge in [-0.15, -0.1) is 0 Å². The molecule has 2 aromatic heterocycles. The second-order valence-electron chi connectivity index (χ2n) is 3.48. The van der Waals surface area contributed by atoms with E-state index in [0.29, 0.717) is 11.0 Å². The third kappa shape index (κ3) is 1.65. The molecule has 0 aliphatic heterocycles. The first-order chi connectivity index (χ1) is 7.49. The van der Waals surface area contributed by atoms with Gasteiger partial charge in [-0.1, -0.05) is 0 Å². The van der Waals surface area contributed by atoms with Crippen LogP contribution in [0.3, 0.4) is 0 Å². The van der Waals surface area contributed by atoms with Gasteiger partial charge in [-0.2, -0.15) is 4.68 Å². The van der Waals surface area contributed by atoms with Gasteiger partial charge in [0.1, 0.15) is 5.52 Å². The molecule has 84 valence electrons. The zero-order valence-corrected chi connectivity index (χ0v) is 9.57. The van der Waals surface area contributed by atoms with Crippen molar-refractivity contribution in [1.29, 1.82) is 0 Å². The predicted molar refractivity (Wildman–Crippen MR) is 62.5 cm³/mol. The Hall–Kier alpha value is -1.89. The van der Waals surface area contributed by atoms with Crippen molar-refractivity contribution in [3.8, 4) is 0 Å². The monoisotopic (exact) mass is 238 g/mol. The van der Waals surface area contributed by atoms with Crippen LogP contribution in [-0.2, 0) is 4.79 Å². The Bertz CT molecular complexity index is 679. The molecular weight excluding hydrogens is 228 g/mol. The smallest absolute Gasteiger partial charge is 0.297 e. The van der Waals surface area contributed by atoms with Crippen molar-refractivity contribution in [3.05, 3.63) is 26.9 Å². The quantitative estimate of drug-likeness (QED) is 0.642. The van der Waals surface area contributed by atoms with Gasteiger partial charge in [-0.3, -0.25) is 15.0 Å². The van der Waals surface area contributed by atoms with Crippen LogP contribution in [0.4, 0.5) is 0 Å². The molecule has 3 N–H and O–H groups in total. The summed E-state index contributed by atoms with van der Waals surface area (Å²) in [7, 11) is 0. The number of aryl methyl sites for hydroxylation is 1. The van der Waals surface area contributed by atoms with Gasteiger partial charge < -0.3 is 9.97 Å². The molecule has 2 aromatic rings. The van der Waals surface area contributed by atoms with Crippen molar-refractivity contribution in [2.24, 2.45) is 0 Å². The summed E-state index contributed by atoms with van der Waals surface area (Å²) in [6, 6.07) is 1.78. The number of fused-ring (bicyclic) bond motifs is 1. The van der Waals surface area contributed by atoms with Crippen LogP contribution in [0.15, 0.2) is 10.9 Å². The zero-order valence-electron chi connectivity index (χ0n) is 8.75. The van der Waals surface area contributed by atoms with Gasteiger partial charge in [0, 0.05) is 12.6 Å². The predicted octanol–water partition coefficient (Wildman–Crippen LogP) is 0.786. The number of carbonyl (C=O) groups is 1. The third-order valence-corrected chi connectivity index (χ3v) is 2.37. The second-order valence-corrected chi connectivity index (χ2v) is 3.87. The summed E-state index contributed by atoms with van der Waals surface area (Å²) in [5.41, 5.74) is 3.85. The Kier molecular flexibility index (Phi) is 2.39. The highest BCUT2D eigenvalue weighted by Gasteiger charge is 2.08. The molecule has 2 heterocycles. The number of hydrogen-bond acceptors (Lipinski definition) is 3. The lowest BCUT2D eigenvalue weighted by molar-refractivity contribution is -0.115. The van der Waals surface area contributed by atoms with Crippen LogP contribution in [0.25, 0.3) is 11.0 Å². The van der Waals surface area contributed by atoms with Crippen LogP contribution in [0.1, 0.15) is 12.6 Å². The number of nitrogens with zero attached hydrogens (tertiary/aromatic N) is 1. The normalized spacial score (nSPS) is 10.6. The number of rotatable bonds is 1. The Morgan fingerprint density at radius 2 is 2.19 bits per heavy atom. The highest BCUT2D eigenvalue weighted by Crippen LogP contribution is 2.07. The summed E-state index contributed by atoms with van der Waals surface area (Å²) in [6.45, 7) is 3.14.